The van der Waals surface area contributed by atoms with E-state index in [9.17, 15) is 0 Å². The van der Waals surface area contributed by atoms with Gasteiger partial charge in [0, 0.05) is 47.8 Å². The molecule has 0 atom stereocenters. The van der Waals surface area contributed by atoms with E-state index in [1.807, 2.05) is 60.8 Å². The number of hydrogen-bond donors (Lipinski definition) is 0. The van der Waals surface area contributed by atoms with Crippen molar-refractivity contribution in [3.63, 3.8) is 0 Å². The smallest absolute Gasteiger partial charge is 0.137 e. The third kappa shape index (κ3) is 7.45. The molecule has 5 heteroatoms. The minimum Gasteiger partial charge on any atom is -0.457 e. The minimum atomic E-state index is 0.428. The second-order valence-electron chi connectivity index (χ2n) is 14.4. The van der Waals surface area contributed by atoms with Gasteiger partial charge in [0.2, 0.25) is 0 Å². The Morgan fingerprint density at radius 2 is 1.15 bits per heavy atom. The van der Waals surface area contributed by atoms with Gasteiger partial charge in [-0.3, -0.25) is 4.90 Å². The summed E-state index contributed by atoms with van der Waals surface area (Å²) in [5.74, 6) is 3.72. The van der Waals surface area contributed by atoms with Crippen molar-refractivity contribution in [2.45, 2.75) is 59.3 Å². The molecule has 0 amide bonds. The number of hydrogen-bond acceptors (Lipinski definition) is 5. The largest absolute Gasteiger partial charge is 0.457 e. The van der Waals surface area contributed by atoms with Crippen LogP contribution in [-0.2, 0) is 0 Å². The van der Waals surface area contributed by atoms with Gasteiger partial charge in [-0.2, -0.15) is 0 Å². The Labute approximate surface area is 309 Å². The molecule has 0 unspecified atom stereocenters. The van der Waals surface area contributed by atoms with Crippen LogP contribution >= 0.6 is 0 Å². The van der Waals surface area contributed by atoms with E-state index in [1.165, 1.54) is 33.5 Å². The molecule has 52 heavy (non-hydrogen) atoms. The van der Waals surface area contributed by atoms with Crippen molar-refractivity contribution < 1.29 is 4.74 Å². The summed E-state index contributed by atoms with van der Waals surface area (Å²) in [5.41, 5.74) is 11.2. The van der Waals surface area contributed by atoms with Gasteiger partial charge in [-0.1, -0.05) is 102 Å². The summed E-state index contributed by atoms with van der Waals surface area (Å²) in [6, 6.07) is 46.6. The van der Waals surface area contributed by atoms with E-state index >= 15 is 0 Å². The lowest BCUT2D eigenvalue weighted by molar-refractivity contribution is 0.483. The van der Waals surface area contributed by atoms with Gasteiger partial charge in [0.25, 0.3) is 0 Å². The van der Waals surface area contributed by atoms with E-state index in [-0.39, 0.29) is 0 Å². The summed E-state index contributed by atoms with van der Waals surface area (Å²) in [6.07, 6.45) is 6.13. The number of para-hydroxylation sites is 1. The Morgan fingerprint density at radius 1 is 0.558 bits per heavy atom. The first-order chi connectivity index (χ1) is 25.2. The molecule has 7 rings (SSSR count). The fraction of sp³-hybridized carbons (Fsp3) is 0.213. The normalized spacial score (nSPS) is 12.7. The highest BCUT2D eigenvalue weighted by Gasteiger charge is 2.21. The summed E-state index contributed by atoms with van der Waals surface area (Å²) in [6.45, 7) is 14.5. The molecular weight excluding hydrogens is 637 g/mol. The maximum Gasteiger partial charge on any atom is 0.137 e. The van der Waals surface area contributed by atoms with E-state index in [0.717, 1.165) is 34.4 Å². The number of benzene rings is 5. The van der Waals surface area contributed by atoms with Gasteiger partial charge in [0.05, 0.1) is 12.4 Å². The number of pyridine rings is 1. The van der Waals surface area contributed by atoms with Gasteiger partial charge in [-0.05, 0) is 106 Å². The number of aromatic nitrogens is 1. The molecule has 0 saturated heterocycles. The average Bonchev–Trinajstić information content (AvgIpc) is 3.66. The van der Waals surface area contributed by atoms with Crippen LogP contribution in [0.25, 0.3) is 11.1 Å². The number of rotatable bonds is 11. The lowest BCUT2D eigenvalue weighted by atomic mass is 9.81. The van der Waals surface area contributed by atoms with Crippen LogP contribution in [0.1, 0.15) is 76.0 Å². The zero-order chi connectivity index (χ0) is 36.2. The van der Waals surface area contributed by atoms with Crippen LogP contribution in [0.4, 0.5) is 28.6 Å². The Bertz CT molecular complexity index is 2090. The predicted molar refractivity (Wildman–Crippen MR) is 219 cm³/mol. The van der Waals surface area contributed by atoms with Crippen LogP contribution in [0.5, 0.6) is 11.5 Å². The molecule has 1 aromatic heterocycles. The molecule has 262 valence electrons. The monoisotopic (exact) mass is 684 g/mol. The summed E-state index contributed by atoms with van der Waals surface area (Å²) >= 11 is 0. The lowest BCUT2D eigenvalue weighted by Gasteiger charge is -2.25. The van der Waals surface area contributed by atoms with Crippen molar-refractivity contribution in [2.75, 3.05) is 21.4 Å². The second-order valence-corrected chi connectivity index (χ2v) is 14.4. The second kappa shape index (κ2) is 15.2. The van der Waals surface area contributed by atoms with Gasteiger partial charge < -0.3 is 14.5 Å². The van der Waals surface area contributed by atoms with Crippen molar-refractivity contribution >= 4 is 28.6 Å². The van der Waals surface area contributed by atoms with Crippen molar-refractivity contribution in [1.82, 2.24) is 4.98 Å². The van der Waals surface area contributed by atoms with Crippen LogP contribution in [0.2, 0.25) is 0 Å². The van der Waals surface area contributed by atoms with E-state index in [4.69, 9.17) is 4.74 Å². The zero-order valence-corrected chi connectivity index (χ0v) is 31.1. The number of anilines is 5. The average molecular weight is 685 g/mol. The Balaban J connectivity index is 1.11. The Hall–Kier alpha value is -5.81. The van der Waals surface area contributed by atoms with Gasteiger partial charge in [0.15, 0.2) is 0 Å². The van der Waals surface area contributed by atoms with Crippen LogP contribution in [-0.4, -0.2) is 11.7 Å². The summed E-state index contributed by atoms with van der Waals surface area (Å²) in [5, 5.41) is 0. The highest BCUT2D eigenvalue weighted by atomic mass is 16.5. The summed E-state index contributed by atoms with van der Waals surface area (Å²) in [4.78, 5) is 11.3. The first-order valence-corrected chi connectivity index (χ1v) is 18.4. The molecule has 0 saturated carbocycles. The molecule has 6 aromatic rings. The first-order valence-electron chi connectivity index (χ1n) is 18.4. The van der Waals surface area contributed by atoms with Gasteiger partial charge in [0.1, 0.15) is 17.3 Å². The number of ether oxygens (including phenoxy) is 1. The lowest BCUT2D eigenvalue weighted by Crippen LogP contribution is -2.24. The molecular formula is C47H48N4O. The van der Waals surface area contributed by atoms with Gasteiger partial charge in [-0.25, -0.2) is 4.98 Å². The van der Waals surface area contributed by atoms with E-state index in [0.29, 0.717) is 24.4 Å². The maximum atomic E-state index is 6.49. The molecule has 0 radical (unpaired) electrons. The predicted octanol–water partition coefficient (Wildman–Crippen LogP) is 13.1. The molecule has 2 heterocycles. The molecule has 5 nitrogen and oxygen atoms in total. The fourth-order valence-corrected chi connectivity index (χ4v) is 6.91. The highest BCUT2D eigenvalue weighted by molar-refractivity contribution is 5.77. The molecule has 1 aliphatic rings. The van der Waals surface area contributed by atoms with Crippen LogP contribution in [0.3, 0.4) is 0 Å². The summed E-state index contributed by atoms with van der Waals surface area (Å²) in [7, 11) is 0. The quantitative estimate of drug-likeness (QED) is 0.136. The SMILES string of the molecule is CC(C)c1cc(C(C)C)c(-c2cccc(N3C=CN(c4cccc(Oc5cccc(N(c6ccccc6)c6ccccn6)c5)c4)C3)c2)c(C(C)C)c1. The minimum absolute atomic E-state index is 0.428. The van der Waals surface area contributed by atoms with Gasteiger partial charge in [-0.15, -0.1) is 0 Å². The van der Waals surface area contributed by atoms with E-state index in [2.05, 4.69) is 152 Å². The number of nitrogens with zero attached hydrogens (tertiary/aromatic N) is 4. The third-order valence-electron chi connectivity index (χ3n) is 9.68. The van der Waals surface area contributed by atoms with Gasteiger partial charge >= 0.3 is 0 Å². The highest BCUT2D eigenvalue weighted by Crippen LogP contribution is 2.41. The standard InChI is InChI=1S/C47H48N4O/c1-33(2)37-28-44(34(3)4)47(45(29-37)35(5)6)36-15-12-18-39(27-36)49-25-26-50(32-49)40-19-13-21-42(30-40)52-43-22-14-20-41(31-43)51(38-16-8-7-9-17-38)46-23-10-11-24-48-46/h7-31,33-35H,32H2,1-6H3. The Morgan fingerprint density at radius 3 is 1.79 bits per heavy atom. The van der Waals surface area contributed by atoms with Crippen molar-refractivity contribution in [2.24, 2.45) is 0 Å². The topological polar surface area (TPSA) is 31.8 Å². The van der Waals surface area contributed by atoms with Crippen LogP contribution < -0.4 is 19.4 Å². The van der Waals surface area contributed by atoms with E-state index in [1.54, 1.807) is 0 Å². The third-order valence-corrected chi connectivity index (χ3v) is 9.68. The molecule has 0 spiro atoms. The fourth-order valence-electron chi connectivity index (χ4n) is 6.91. The van der Waals surface area contributed by atoms with E-state index < -0.39 is 0 Å². The molecule has 0 aliphatic carbocycles. The first kappa shape index (κ1) is 34.6. The van der Waals surface area contributed by atoms with Crippen LogP contribution in [0.15, 0.2) is 152 Å². The molecule has 5 aromatic carbocycles. The maximum absolute atomic E-state index is 6.49. The molecule has 1 aliphatic heterocycles. The Kier molecular flexibility index (Phi) is 10.1. The summed E-state index contributed by atoms with van der Waals surface area (Å²) < 4.78 is 6.49. The van der Waals surface area contributed by atoms with Crippen molar-refractivity contribution in [1.29, 1.82) is 0 Å². The molecule has 0 fully saturated rings. The van der Waals surface area contributed by atoms with Crippen LogP contribution in [0, 0.1) is 0 Å². The van der Waals surface area contributed by atoms with Crippen molar-refractivity contribution in [3.05, 3.63) is 169 Å². The molecule has 0 bridgehead atoms. The zero-order valence-electron chi connectivity index (χ0n) is 31.1. The molecule has 0 N–H and O–H groups in total. The van der Waals surface area contributed by atoms with Crippen molar-refractivity contribution in [3.8, 4) is 22.6 Å².